The van der Waals surface area contributed by atoms with Gasteiger partial charge in [-0.3, -0.25) is 9.58 Å². The summed E-state index contributed by atoms with van der Waals surface area (Å²) in [4.78, 5) is 16.0. The molecule has 0 spiro atoms. The summed E-state index contributed by atoms with van der Waals surface area (Å²) in [5.41, 5.74) is 2.83. The number of nitriles is 1. The summed E-state index contributed by atoms with van der Waals surface area (Å²) < 4.78 is 27.2. The Hall–Kier alpha value is -4.58. The molecule has 1 aromatic carbocycles. The second kappa shape index (κ2) is 16.0. The first-order chi connectivity index (χ1) is 24.6. The molecular weight excluding hydrogens is 636 g/mol. The number of ether oxygens (including phenoxy) is 4. The van der Waals surface area contributed by atoms with Crippen molar-refractivity contribution >= 4 is 11.6 Å². The predicted octanol–water partition coefficient (Wildman–Crippen LogP) is 5.17. The van der Waals surface area contributed by atoms with Crippen LogP contribution in [0.2, 0.25) is 0 Å². The van der Waals surface area contributed by atoms with Gasteiger partial charge < -0.3 is 24.3 Å². The first kappa shape index (κ1) is 33.9. The number of morpholine rings is 1. The zero-order chi connectivity index (χ0) is 34.3. The summed E-state index contributed by atoms with van der Waals surface area (Å²) in [7, 11) is 1.71. The molecule has 2 bridgehead atoms. The lowest BCUT2D eigenvalue weighted by Crippen LogP contribution is -2.52. The van der Waals surface area contributed by atoms with Crippen molar-refractivity contribution in [3.05, 3.63) is 55.0 Å². The van der Waals surface area contributed by atoms with Crippen LogP contribution in [0.4, 0.5) is 11.6 Å². The van der Waals surface area contributed by atoms with Crippen molar-refractivity contribution in [1.82, 2.24) is 39.4 Å². The van der Waals surface area contributed by atoms with Gasteiger partial charge in [-0.1, -0.05) is 6.07 Å². The maximum Gasteiger partial charge on any atom is 0.256 e. The Morgan fingerprint density at radius 2 is 1.72 bits per heavy atom. The van der Waals surface area contributed by atoms with E-state index in [0.29, 0.717) is 67.1 Å². The SMILES string of the molecule is COCCCCOc1nn([C@H]2CC[C@H](N3[C@@H]4CC[C@H]3COC4)CC2)cc1Nc1ncc(-c2ccc(C#N)c(O[C@@H](C)Cn3cncn3)c2)cn1. The molecule has 14 heteroatoms. The molecule has 1 saturated carbocycles. The minimum atomic E-state index is -0.228. The average Bonchev–Trinajstić information content (AvgIpc) is 3.86. The molecule has 7 rings (SSSR count). The van der Waals surface area contributed by atoms with Gasteiger partial charge in [0.05, 0.1) is 44.2 Å². The summed E-state index contributed by atoms with van der Waals surface area (Å²) in [6, 6.07) is 9.81. The Kier molecular flexibility index (Phi) is 10.8. The number of fused-ring (bicyclic) bond motifs is 2. The third kappa shape index (κ3) is 7.90. The standard InChI is InChI=1S/C36H46N10O4/c1-25(19-44-24-38-23-41-44)50-34-15-26(5-6-27(34)16-37)28-17-39-36(40-18-28)42-33-20-45(43-35(33)49-14-4-3-13-47-2)29-7-9-30(10-8-29)46-31-11-12-32(46)22-48-21-31/h5-6,15,17-18,20,23-25,29-32H,3-4,7-14,19,21-22H2,1-2H3,(H,39,40,42)/t25-,29-,30-,31-,32+/m0/s1. The molecule has 3 aromatic heterocycles. The first-order valence-corrected chi connectivity index (χ1v) is 17.8. The van der Waals surface area contributed by atoms with Gasteiger partial charge in [0.2, 0.25) is 5.95 Å². The van der Waals surface area contributed by atoms with Crippen LogP contribution in [0, 0.1) is 11.3 Å². The number of aromatic nitrogens is 7. The third-order valence-corrected chi connectivity index (χ3v) is 10.0. The Labute approximate surface area is 292 Å². The van der Waals surface area contributed by atoms with Gasteiger partial charge in [0.25, 0.3) is 5.88 Å². The molecule has 14 nitrogen and oxygen atoms in total. The maximum absolute atomic E-state index is 9.69. The molecule has 5 heterocycles. The van der Waals surface area contributed by atoms with Gasteiger partial charge >= 0.3 is 0 Å². The zero-order valence-electron chi connectivity index (χ0n) is 28.9. The molecule has 50 heavy (non-hydrogen) atoms. The van der Waals surface area contributed by atoms with Crippen LogP contribution in [0.3, 0.4) is 0 Å². The Balaban J connectivity index is 1.02. The van der Waals surface area contributed by atoms with Crippen LogP contribution in [0.25, 0.3) is 11.1 Å². The van der Waals surface area contributed by atoms with E-state index in [1.807, 2.05) is 25.3 Å². The van der Waals surface area contributed by atoms with Crippen LogP contribution >= 0.6 is 0 Å². The Bertz CT molecular complexity index is 1700. The van der Waals surface area contributed by atoms with E-state index in [-0.39, 0.29) is 6.10 Å². The minimum Gasteiger partial charge on any atom is -0.487 e. The number of unbranched alkanes of at least 4 members (excludes halogenated alkanes) is 1. The van der Waals surface area contributed by atoms with Crippen molar-refractivity contribution in [3.63, 3.8) is 0 Å². The molecule has 3 fully saturated rings. The van der Waals surface area contributed by atoms with Gasteiger partial charge in [-0.2, -0.15) is 10.4 Å². The summed E-state index contributed by atoms with van der Waals surface area (Å²) in [6.07, 6.45) is 17.3. The van der Waals surface area contributed by atoms with Crippen LogP contribution < -0.4 is 14.8 Å². The molecule has 3 aliphatic rings. The quantitative estimate of drug-likeness (QED) is 0.165. The number of nitrogens with zero attached hydrogens (tertiary/aromatic N) is 9. The van der Waals surface area contributed by atoms with Gasteiger partial charge in [0.15, 0.2) is 0 Å². The largest absolute Gasteiger partial charge is 0.487 e. The summed E-state index contributed by atoms with van der Waals surface area (Å²) in [5, 5.41) is 22.1. The van der Waals surface area contributed by atoms with Crippen molar-refractivity contribution in [1.29, 1.82) is 5.26 Å². The number of nitrogens with one attached hydrogen (secondary N) is 1. The second-order valence-electron chi connectivity index (χ2n) is 13.5. The van der Waals surface area contributed by atoms with Crippen LogP contribution in [0.5, 0.6) is 11.6 Å². The summed E-state index contributed by atoms with van der Waals surface area (Å²) >= 11 is 0. The lowest BCUT2D eigenvalue weighted by molar-refractivity contribution is -0.0458. The number of methoxy groups -OCH3 is 1. The number of benzene rings is 1. The zero-order valence-corrected chi connectivity index (χ0v) is 28.9. The number of rotatable bonds is 15. The van der Waals surface area contributed by atoms with E-state index in [0.717, 1.165) is 55.7 Å². The fourth-order valence-electron chi connectivity index (χ4n) is 7.55. The number of anilines is 2. The maximum atomic E-state index is 9.69. The van der Waals surface area contributed by atoms with E-state index in [1.165, 1.54) is 32.0 Å². The fraction of sp³-hybridized carbons (Fsp3) is 0.556. The molecule has 2 saturated heterocycles. The van der Waals surface area contributed by atoms with Gasteiger partial charge in [-0.15, -0.1) is 5.10 Å². The number of hydrogen-bond acceptors (Lipinski definition) is 12. The third-order valence-electron chi connectivity index (χ3n) is 10.0. The van der Waals surface area contributed by atoms with Crippen molar-refractivity contribution in [2.45, 2.75) is 95.1 Å². The molecule has 3 atom stereocenters. The van der Waals surface area contributed by atoms with Crippen LogP contribution in [-0.4, -0.2) is 97.2 Å². The highest BCUT2D eigenvalue weighted by molar-refractivity contribution is 5.67. The molecule has 0 unspecified atom stereocenters. The Morgan fingerprint density at radius 3 is 2.44 bits per heavy atom. The monoisotopic (exact) mass is 682 g/mol. The highest BCUT2D eigenvalue weighted by atomic mass is 16.5. The van der Waals surface area contributed by atoms with E-state index >= 15 is 0 Å². The molecule has 4 aromatic rings. The highest BCUT2D eigenvalue weighted by Crippen LogP contribution is 2.39. The summed E-state index contributed by atoms with van der Waals surface area (Å²) in [5.74, 6) is 1.48. The molecular formula is C36H46N10O4. The molecule has 1 N–H and O–H groups in total. The van der Waals surface area contributed by atoms with Crippen molar-refractivity contribution < 1.29 is 18.9 Å². The molecule has 264 valence electrons. The first-order valence-electron chi connectivity index (χ1n) is 17.8. The van der Waals surface area contributed by atoms with Gasteiger partial charge in [0, 0.05) is 49.8 Å². The van der Waals surface area contributed by atoms with E-state index < -0.39 is 0 Å². The second-order valence-corrected chi connectivity index (χ2v) is 13.5. The van der Waals surface area contributed by atoms with Gasteiger partial charge in [-0.05, 0) is 76.0 Å². The van der Waals surface area contributed by atoms with Crippen molar-refractivity contribution in [2.24, 2.45) is 0 Å². The molecule has 1 aliphatic carbocycles. The molecule has 0 radical (unpaired) electrons. The normalized spacial score (nSPS) is 22.6. The van der Waals surface area contributed by atoms with E-state index in [1.54, 1.807) is 36.6 Å². The van der Waals surface area contributed by atoms with Crippen molar-refractivity contribution in [2.75, 3.05) is 38.9 Å². The van der Waals surface area contributed by atoms with Crippen LogP contribution in [0.15, 0.2) is 49.4 Å². The van der Waals surface area contributed by atoms with Gasteiger partial charge in [0.1, 0.15) is 36.3 Å². The lowest BCUT2D eigenvalue weighted by Gasteiger charge is -2.43. The molecule has 0 amide bonds. The van der Waals surface area contributed by atoms with Crippen molar-refractivity contribution in [3.8, 4) is 28.8 Å². The smallest absolute Gasteiger partial charge is 0.256 e. The predicted molar refractivity (Wildman–Crippen MR) is 185 cm³/mol. The minimum absolute atomic E-state index is 0.228. The fourth-order valence-corrected chi connectivity index (χ4v) is 7.55. The van der Waals surface area contributed by atoms with E-state index in [9.17, 15) is 5.26 Å². The van der Waals surface area contributed by atoms with Gasteiger partial charge in [-0.25, -0.2) is 19.6 Å². The lowest BCUT2D eigenvalue weighted by atomic mass is 9.89. The van der Waals surface area contributed by atoms with E-state index in [4.69, 9.17) is 24.0 Å². The van der Waals surface area contributed by atoms with Crippen LogP contribution in [-0.2, 0) is 16.0 Å². The average molecular weight is 683 g/mol. The topological polar surface area (TPSA) is 150 Å². The molecule has 2 aliphatic heterocycles. The van der Waals surface area contributed by atoms with E-state index in [2.05, 4.69) is 41.0 Å². The van der Waals surface area contributed by atoms with Crippen LogP contribution in [0.1, 0.15) is 69.9 Å². The Morgan fingerprint density at radius 1 is 0.980 bits per heavy atom. The number of hydrogen-bond donors (Lipinski definition) is 1. The highest BCUT2D eigenvalue weighted by Gasteiger charge is 2.42. The summed E-state index contributed by atoms with van der Waals surface area (Å²) in [6.45, 7) is 5.44.